The zero-order valence-corrected chi connectivity index (χ0v) is 15.0. The number of nitrogens with zero attached hydrogens (tertiary/aromatic N) is 2. The number of nitrogens with one attached hydrogen (secondary N) is 1. The second kappa shape index (κ2) is 7.81. The Balaban J connectivity index is 2.24. The third kappa shape index (κ3) is 4.27. The first-order valence-electron chi connectivity index (χ1n) is 8.22. The van der Waals surface area contributed by atoms with E-state index in [-0.39, 0.29) is 6.54 Å². The van der Waals surface area contributed by atoms with Crippen molar-refractivity contribution in [1.29, 1.82) is 0 Å². The fourth-order valence-corrected chi connectivity index (χ4v) is 2.67. The van der Waals surface area contributed by atoms with E-state index < -0.39 is 22.1 Å². The van der Waals surface area contributed by atoms with Crippen LogP contribution in [0, 0.1) is 23.0 Å². The Labute approximate surface area is 150 Å². The first kappa shape index (κ1) is 19.2. The van der Waals surface area contributed by atoms with E-state index in [1.165, 1.54) is 6.07 Å². The SMILES string of the molecule is Cc1ccc([N+](=O)[O-])c(=O)n1CC(=O)Nc1cccc(CC(C)C)c1N. The number of anilines is 2. The molecule has 0 aliphatic heterocycles. The predicted molar refractivity (Wildman–Crippen MR) is 100 cm³/mol. The molecular formula is C18H22N4O4. The summed E-state index contributed by atoms with van der Waals surface area (Å²) in [5, 5.41) is 13.6. The van der Waals surface area contributed by atoms with E-state index in [4.69, 9.17) is 5.73 Å². The molecule has 0 spiro atoms. The standard InChI is InChI=1S/C18H22N4O4/c1-11(2)9-13-5-4-6-14(17(13)19)20-16(23)10-21-12(3)7-8-15(18(21)24)22(25)26/h4-8,11H,9-10,19H2,1-3H3,(H,20,23). The third-order valence-electron chi connectivity index (χ3n) is 3.97. The van der Waals surface area contributed by atoms with Crippen molar-refractivity contribution in [1.82, 2.24) is 4.57 Å². The zero-order chi connectivity index (χ0) is 19.4. The van der Waals surface area contributed by atoms with Crippen LogP contribution >= 0.6 is 0 Å². The molecule has 3 N–H and O–H groups in total. The number of nitro groups is 1. The van der Waals surface area contributed by atoms with Gasteiger partial charge in [0.25, 0.3) is 0 Å². The van der Waals surface area contributed by atoms with Gasteiger partial charge in [-0.3, -0.25) is 24.3 Å². The molecule has 0 saturated heterocycles. The summed E-state index contributed by atoms with van der Waals surface area (Å²) in [6, 6.07) is 7.96. The van der Waals surface area contributed by atoms with Crippen LogP contribution in [-0.4, -0.2) is 15.4 Å². The van der Waals surface area contributed by atoms with Crippen molar-refractivity contribution in [2.45, 2.75) is 33.7 Å². The van der Waals surface area contributed by atoms with Crippen LogP contribution in [-0.2, 0) is 17.8 Å². The Hall–Kier alpha value is -3.16. The minimum Gasteiger partial charge on any atom is -0.397 e. The highest BCUT2D eigenvalue weighted by Crippen LogP contribution is 2.25. The van der Waals surface area contributed by atoms with Gasteiger partial charge in [0.05, 0.1) is 16.3 Å². The second-order valence-electron chi connectivity index (χ2n) is 6.53. The van der Waals surface area contributed by atoms with Gasteiger partial charge in [-0.15, -0.1) is 0 Å². The molecule has 0 bridgehead atoms. The maximum absolute atomic E-state index is 12.4. The van der Waals surface area contributed by atoms with Gasteiger partial charge in [-0.25, -0.2) is 0 Å². The molecule has 8 heteroatoms. The van der Waals surface area contributed by atoms with E-state index in [2.05, 4.69) is 19.2 Å². The Bertz CT molecular complexity index is 903. The van der Waals surface area contributed by atoms with Crippen LogP contribution in [0.3, 0.4) is 0 Å². The summed E-state index contributed by atoms with van der Waals surface area (Å²) in [6.45, 7) is 5.42. The smallest absolute Gasteiger partial charge is 0.334 e. The number of benzene rings is 1. The number of hydrogen-bond donors (Lipinski definition) is 2. The molecule has 2 rings (SSSR count). The largest absolute Gasteiger partial charge is 0.397 e. The van der Waals surface area contributed by atoms with Gasteiger partial charge in [0, 0.05) is 11.8 Å². The minimum absolute atomic E-state index is 0.333. The van der Waals surface area contributed by atoms with Crippen molar-refractivity contribution in [3.05, 3.63) is 62.1 Å². The highest BCUT2D eigenvalue weighted by Gasteiger charge is 2.18. The molecule has 26 heavy (non-hydrogen) atoms. The summed E-state index contributed by atoms with van der Waals surface area (Å²) in [5.41, 5.74) is 7.08. The number of pyridine rings is 1. The quantitative estimate of drug-likeness (QED) is 0.467. The normalized spacial score (nSPS) is 10.8. The number of rotatable bonds is 6. The van der Waals surface area contributed by atoms with E-state index in [1.54, 1.807) is 19.1 Å². The number of nitrogens with two attached hydrogens (primary N) is 1. The number of para-hydroxylation sites is 1. The average molecular weight is 358 g/mol. The van der Waals surface area contributed by atoms with Gasteiger partial charge in [0.15, 0.2) is 0 Å². The summed E-state index contributed by atoms with van der Waals surface area (Å²) in [6.07, 6.45) is 0.777. The molecule has 0 fully saturated rings. The van der Waals surface area contributed by atoms with Gasteiger partial charge >= 0.3 is 11.2 Å². The summed E-state index contributed by atoms with van der Waals surface area (Å²) in [7, 11) is 0. The summed E-state index contributed by atoms with van der Waals surface area (Å²) in [5.74, 6) is -0.0709. The number of aromatic nitrogens is 1. The molecule has 8 nitrogen and oxygen atoms in total. The first-order chi connectivity index (χ1) is 12.2. The van der Waals surface area contributed by atoms with Crippen molar-refractivity contribution in [3.63, 3.8) is 0 Å². The molecule has 0 saturated carbocycles. The van der Waals surface area contributed by atoms with Gasteiger partial charge in [0.2, 0.25) is 5.91 Å². The fourth-order valence-electron chi connectivity index (χ4n) is 2.67. The van der Waals surface area contributed by atoms with Gasteiger partial charge in [-0.05, 0) is 37.0 Å². The van der Waals surface area contributed by atoms with Gasteiger partial charge in [-0.1, -0.05) is 26.0 Å². The van der Waals surface area contributed by atoms with E-state index >= 15 is 0 Å². The van der Waals surface area contributed by atoms with Crippen molar-refractivity contribution in [2.24, 2.45) is 5.92 Å². The van der Waals surface area contributed by atoms with Crippen LogP contribution < -0.4 is 16.6 Å². The van der Waals surface area contributed by atoms with Gasteiger partial charge < -0.3 is 11.1 Å². The van der Waals surface area contributed by atoms with Crippen LogP contribution in [0.25, 0.3) is 0 Å². The molecule has 1 aromatic heterocycles. The molecule has 0 atom stereocenters. The molecule has 0 unspecified atom stereocenters. The second-order valence-corrected chi connectivity index (χ2v) is 6.53. The average Bonchev–Trinajstić information content (AvgIpc) is 2.54. The lowest BCUT2D eigenvalue weighted by Crippen LogP contribution is -2.30. The molecule has 1 amide bonds. The third-order valence-corrected chi connectivity index (χ3v) is 3.97. The van der Waals surface area contributed by atoms with Crippen LogP contribution in [0.4, 0.5) is 17.1 Å². The molecule has 138 valence electrons. The molecule has 0 aliphatic carbocycles. The van der Waals surface area contributed by atoms with Crippen LogP contribution in [0.2, 0.25) is 0 Å². The molecule has 1 heterocycles. The highest BCUT2D eigenvalue weighted by molar-refractivity contribution is 5.94. The number of hydrogen-bond acceptors (Lipinski definition) is 5. The zero-order valence-electron chi connectivity index (χ0n) is 15.0. The molecule has 1 aromatic carbocycles. The lowest BCUT2D eigenvalue weighted by molar-refractivity contribution is -0.386. The molecule has 0 aliphatic rings. The Morgan fingerprint density at radius 3 is 2.62 bits per heavy atom. The fraction of sp³-hybridized carbons (Fsp3) is 0.333. The van der Waals surface area contributed by atoms with Crippen LogP contribution in [0.5, 0.6) is 0 Å². The predicted octanol–water partition coefficient (Wildman–Crippen LogP) is 2.48. The lowest BCUT2D eigenvalue weighted by atomic mass is 10.0. The van der Waals surface area contributed by atoms with Crippen molar-refractivity contribution in [2.75, 3.05) is 11.1 Å². The van der Waals surface area contributed by atoms with Gasteiger partial charge in [-0.2, -0.15) is 0 Å². The van der Waals surface area contributed by atoms with Crippen molar-refractivity contribution in [3.8, 4) is 0 Å². The van der Waals surface area contributed by atoms with Gasteiger partial charge in [0.1, 0.15) is 6.54 Å². The summed E-state index contributed by atoms with van der Waals surface area (Å²) < 4.78 is 1.07. The topological polar surface area (TPSA) is 120 Å². The summed E-state index contributed by atoms with van der Waals surface area (Å²) in [4.78, 5) is 34.7. The van der Waals surface area contributed by atoms with Crippen LogP contribution in [0.1, 0.15) is 25.1 Å². The highest BCUT2D eigenvalue weighted by atomic mass is 16.6. The van der Waals surface area contributed by atoms with E-state index in [9.17, 15) is 19.7 Å². The maximum atomic E-state index is 12.4. The van der Waals surface area contributed by atoms with E-state index in [1.807, 2.05) is 6.07 Å². The monoisotopic (exact) mass is 358 g/mol. The van der Waals surface area contributed by atoms with E-state index in [0.29, 0.717) is 23.0 Å². The number of carbonyl (C=O) groups excluding carboxylic acids is 1. The molecule has 2 aromatic rings. The Morgan fingerprint density at radius 1 is 1.31 bits per heavy atom. The summed E-state index contributed by atoms with van der Waals surface area (Å²) >= 11 is 0. The first-order valence-corrected chi connectivity index (χ1v) is 8.22. The Morgan fingerprint density at radius 2 is 2.00 bits per heavy atom. The Kier molecular flexibility index (Phi) is 5.76. The van der Waals surface area contributed by atoms with Crippen molar-refractivity contribution < 1.29 is 9.72 Å². The number of amides is 1. The van der Waals surface area contributed by atoms with E-state index in [0.717, 1.165) is 22.6 Å². The van der Waals surface area contributed by atoms with Crippen LogP contribution in [0.15, 0.2) is 35.1 Å². The molecular weight excluding hydrogens is 336 g/mol. The maximum Gasteiger partial charge on any atom is 0.334 e. The number of aryl methyl sites for hydroxylation is 1. The number of nitrogen functional groups attached to an aromatic ring is 1. The lowest BCUT2D eigenvalue weighted by Gasteiger charge is -2.14. The minimum atomic E-state index is -0.813. The van der Waals surface area contributed by atoms with Crippen molar-refractivity contribution >= 4 is 23.0 Å². The molecule has 0 radical (unpaired) electrons. The number of carbonyl (C=O) groups is 1.